The van der Waals surface area contributed by atoms with Crippen molar-refractivity contribution in [2.24, 2.45) is 0 Å². The normalized spacial score (nSPS) is 10.6. The Labute approximate surface area is 162 Å². The molecule has 0 bridgehead atoms. The second-order valence-corrected chi connectivity index (χ2v) is 7.49. The van der Waals surface area contributed by atoms with Crippen molar-refractivity contribution in [3.63, 3.8) is 0 Å². The highest BCUT2D eigenvalue weighted by atomic mass is 127. The first-order valence-electron chi connectivity index (χ1n) is 8.23. The molecule has 2 nitrogen and oxygen atoms in total. The maximum Gasteiger partial charge on any atom is 0.133 e. The van der Waals surface area contributed by atoms with E-state index >= 15 is 0 Å². The van der Waals surface area contributed by atoms with Gasteiger partial charge in [0, 0.05) is 3.57 Å². The molecule has 3 aromatic rings. The molecule has 0 aliphatic rings. The Morgan fingerprint density at radius 1 is 0.680 bits per heavy atom. The summed E-state index contributed by atoms with van der Waals surface area (Å²) in [5.74, 6) is 3.46. The Kier molecular flexibility index (Phi) is 5.33. The lowest BCUT2D eigenvalue weighted by Crippen LogP contribution is -1.97. The smallest absolute Gasteiger partial charge is 0.133 e. The Hall–Kier alpha value is -2.01. The standard InChI is InChI=1S/C22H21IO2/c1-14-5-9-20(10-6-14)25-22-15(2)13-21(16(3)17(22)4)24-19-11-7-18(23)8-12-19/h5-13H,1-4H3. The highest BCUT2D eigenvalue weighted by molar-refractivity contribution is 14.1. The number of hydrogen-bond donors (Lipinski definition) is 0. The molecule has 0 aliphatic carbocycles. The molecule has 128 valence electrons. The van der Waals surface area contributed by atoms with Gasteiger partial charge in [0.1, 0.15) is 23.0 Å². The molecule has 0 spiro atoms. The van der Waals surface area contributed by atoms with Gasteiger partial charge in [-0.3, -0.25) is 0 Å². The number of rotatable bonds is 4. The fourth-order valence-corrected chi connectivity index (χ4v) is 3.00. The summed E-state index contributed by atoms with van der Waals surface area (Å²) in [7, 11) is 0. The topological polar surface area (TPSA) is 18.5 Å². The molecular formula is C22H21IO2. The van der Waals surface area contributed by atoms with E-state index in [9.17, 15) is 0 Å². The highest BCUT2D eigenvalue weighted by Crippen LogP contribution is 2.37. The molecule has 0 radical (unpaired) electrons. The molecule has 0 saturated heterocycles. The minimum atomic E-state index is 0.842. The summed E-state index contributed by atoms with van der Waals surface area (Å²) in [6.07, 6.45) is 0. The summed E-state index contributed by atoms with van der Waals surface area (Å²) in [5, 5.41) is 0. The molecule has 25 heavy (non-hydrogen) atoms. The van der Waals surface area contributed by atoms with Gasteiger partial charge in [-0.1, -0.05) is 17.7 Å². The van der Waals surface area contributed by atoms with E-state index in [1.54, 1.807) is 0 Å². The highest BCUT2D eigenvalue weighted by Gasteiger charge is 2.14. The van der Waals surface area contributed by atoms with Crippen molar-refractivity contribution in [2.45, 2.75) is 27.7 Å². The van der Waals surface area contributed by atoms with E-state index in [4.69, 9.17) is 9.47 Å². The molecule has 3 rings (SSSR count). The third-order valence-electron chi connectivity index (χ3n) is 4.26. The maximum atomic E-state index is 6.14. The van der Waals surface area contributed by atoms with E-state index in [1.807, 2.05) is 42.5 Å². The van der Waals surface area contributed by atoms with Crippen LogP contribution in [0.4, 0.5) is 0 Å². The van der Waals surface area contributed by atoms with Gasteiger partial charge in [0.05, 0.1) is 0 Å². The van der Waals surface area contributed by atoms with E-state index in [-0.39, 0.29) is 0 Å². The summed E-state index contributed by atoms with van der Waals surface area (Å²) in [4.78, 5) is 0. The van der Waals surface area contributed by atoms with Crippen molar-refractivity contribution < 1.29 is 9.47 Å². The SMILES string of the molecule is Cc1ccc(Oc2c(C)cc(Oc3ccc(I)cc3)c(C)c2C)cc1. The Bertz CT molecular complexity index is 881. The third kappa shape index (κ3) is 4.15. The van der Waals surface area contributed by atoms with Crippen LogP contribution in [0, 0.1) is 31.3 Å². The summed E-state index contributed by atoms with van der Waals surface area (Å²) >= 11 is 2.29. The van der Waals surface area contributed by atoms with Crippen molar-refractivity contribution in [1.29, 1.82) is 0 Å². The van der Waals surface area contributed by atoms with Crippen LogP contribution < -0.4 is 9.47 Å². The van der Waals surface area contributed by atoms with Crippen LogP contribution in [-0.2, 0) is 0 Å². The lowest BCUT2D eigenvalue weighted by atomic mass is 10.0. The van der Waals surface area contributed by atoms with E-state index in [0.29, 0.717) is 0 Å². The largest absolute Gasteiger partial charge is 0.457 e. The van der Waals surface area contributed by atoms with Gasteiger partial charge in [0.2, 0.25) is 0 Å². The predicted octanol–water partition coefficient (Wildman–Crippen LogP) is 7.11. The monoisotopic (exact) mass is 444 g/mol. The average Bonchev–Trinajstić information content (AvgIpc) is 2.60. The first-order chi connectivity index (χ1) is 11.9. The van der Waals surface area contributed by atoms with Crippen LogP contribution in [0.1, 0.15) is 22.3 Å². The summed E-state index contributed by atoms with van der Waals surface area (Å²) in [6, 6.07) is 18.2. The van der Waals surface area contributed by atoms with Gasteiger partial charge in [-0.2, -0.15) is 0 Å². The van der Waals surface area contributed by atoms with Crippen molar-refractivity contribution in [1.82, 2.24) is 0 Å². The minimum Gasteiger partial charge on any atom is -0.457 e. The van der Waals surface area contributed by atoms with E-state index in [1.165, 1.54) is 9.13 Å². The zero-order chi connectivity index (χ0) is 18.0. The first-order valence-corrected chi connectivity index (χ1v) is 9.30. The zero-order valence-electron chi connectivity index (χ0n) is 14.9. The van der Waals surface area contributed by atoms with Gasteiger partial charge in [0.15, 0.2) is 0 Å². The lowest BCUT2D eigenvalue weighted by molar-refractivity contribution is 0.459. The molecule has 3 aromatic carbocycles. The van der Waals surface area contributed by atoms with Crippen molar-refractivity contribution in [3.05, 3.63) is 80.4 Å². The van der Waals surface area contributed by atoms with Crippen LogP contribution in [0.5, 0.6) is 23.0 Å². The van der Waals surface area contributed by atoms with Crippen molar-refractivity contribution in [2.75, 3.05) is 0 Å². The van der Waals surface area contributed by atoms with Gasteiger partial charge in [-0.15, -0.1) is 0 Å². The molecule has 0 aromatic heterocycles. The summed E-state index contributed by atoms with van der Waals surface area (Å²) in [5.41, 5.74) is 4.47. The van der Waals surface area contributed by atoms with E-state index in [2.05, 4.69) is 62.4 Å². The second-order valence-electron chi connectivity index (χ2n) is 6.24. The van der Waals surface area contributed by atoms with Crippen LogP contribution in [0.3, 0.4) is 0 Å². The zero-order valence-corrected chi connectivity index (χ0v) is 17.0. The van der Waals surface area contributed by atoms with Gasteiger partial charge in [0.25, 0.3) is 0 Å². The van der Waals surface area contributed by atoms with Crippen LogP contribution in [0.15, 0.2) is 54.6 Å². The number of aryl methyl sites for hydroxylation is 2. The number of ether oxygens (including phenoxy) is 2. The van der Waals surface area contributed by atoms with Gasteiger partial charge >= 0.3 is 0 Å². The molecule has 0 unspecified atom stereocenters. The fourth-order valence-electron chi connectivity index (χ4n) is 2.64. The van der Waals surface area contributed by atoms with E-state index < -0.39 is 0 Å². The Balaban J connectivity index is 1.90. The van der Waals surface area contributed by atoms with Gasteiger partial charge < -0.3 is 9.47 Å². The molecule has 0 amide bonds. The Morgan fingerprint density at radius 3 is 1.88 bits per heavy atom. The number of benzene rings is 3. The maximum absolute atomic E-state index is 6.14. The van der Waals surface area contributed by atoms with Gasteiger partial charge in [-0.25, -0.2) is 0 Å². The predicted molar refractivity (Wildman–Crippen MR) is 111 cm³/mol. The molecule has 0 atom stereocenters. The van der Waals surface area contributed by atoms with Gasteiger partial charge in [-0.05, 0) is 109 Å². The molecular weight excluding hydrogens is 423 g/mol. The first kappa shape index (κ1) is 17.8. The number of hydrogen-bond acceptors (Lipinski definition) is 2. The van der Waals surface area contributed by atoms with Crippen LogP contribution >= 0.6 is 22.6 Å². The molecule has 0 N–H and O–H groups in total. The molecule has 0 saturated carbocycles. The lowest BCUT2D eigenvalue weighted by Gasteiger charge is -2.17. The fraction of sp³-hybridized carbons (Fsp3) is 0.182. The van der Waals surface area contributed by atoms with E-state index in [0.717, 1.165) is 39.7 Å². The van der Waals surface area contributed by atoms with Crippen molar-refractivity contribution >= 4 is 22.6 Å². The van der Waals surface area contributed by atoms with Crippen LogP contribution in [0.2, 0.25) is 0 Å². The quantitative estimate of drug-likeness (QED) is 0.400. The van der Waals surface area contributed by atoms with Crippen LogP contribution in [0.25, 0.3) is 0 Å². The molecule has 0 fully saturated rings. The molecule has 3 heteroatoms. The minimum absolute atomic E-state index is 0.842. The molecule has 0 aliphatic heterocycles. The average molecular weight is 444 g/mol. The second kappa shape index (κ2) is 7.48. The number of halogens is 1. The summed E-state index contributed by atoms with van der Waals surface area (Å²) < 4.78 is 13.4. The Morgan fingerprint density at radius 2 is 1.24 bits per heavy atom. The van der Waals surface area contributed by atoms with Crippen molar-refractivity contribution in [3.8, 4) is 23.0 Å². The summed E-state index contributed by atoms with van der Waals surface area (Å²) in [6.45, 7) is 8.27. The van der Waals surface area contributed by atoms with Crippen LogP contribution in [-0.4, -0.2) is 0 Å². The molecule has 0 heterocycles. The third-order valence-corrected chi connectivity index (χ3v) is 4.98.